The fraction of sp³-hybridized carbons (Fsp3) is 0.0769. The fourth-order valence-corrected chi connectivity index (χ4v) is 2.54. The van der Waals surface area contributed by atoms with Crippen LogP contribution in [-0.2, 0) is 11.2 Å². The summed E-state index contributed by atoms with van der Waals surface area (Å²) in [6.45, 7) is 0. The smallest absolute Gasteiger partial charge is 0.307 e. The molecule has 0 aliphatic rings. The number of hydrogen-bond acceptors (Lipinski definition) is 2. The highest BCUT2D eigenvalue weighted by Crippen LogP contribution is 2.36. The van der Waals surface area contributed by atoms with Crippen LogP contribution in [0, 0.1) is 0 Å². The molecule has 0 atom stereocenters. The Morgan fingerprint density at radius 2 is 1.80 bits per heavy atom. The molecule has 2 aromatic rings. The molecule has 20 heavy (non-hydrogen) atoms. The number of aliphatic carboxylic acids is 1. The molecule has 1 heterocycles. The second kappa shape index (κ2) is 6.19. The lowest BCUT2D eigenvalue weighted by Gasteiger charge is -2.09. The molecule has 0 spiro atoms. The molecule has 0 saturated carbocycles. The first-order chi connectivity index (χ1) is 9.38. The fourth-order valence-electron chi connectivity index (χ4n) is 1.67. The Morgan fingerprint density at radius 3 is 2.45 bits per heavy atom. The van der Waals surface area contributed by atoms with E-state index in [0.29, 0.717) is 31.9 Å². The Balaban J connectivity index is 2.56. The van der Waals surface area contributed by atoms with Crippen molar-refractivity contribution in [1.29, 1.82) is 0 Å². The van der Waals surface area contributed by atoms with Gasteiger partial charge in [0.1, 0.15) is 0 Å². The molecule has 2 rings (SSSR count). The first-order valence-corrected chi connectivity index (χ1v) is 6.91. The molecular formula is C13H7Cl4NO2. The lowest BCUT2D eigenvalue weighted by molar-refractivity contribution is -0.136. The van der Waals surface area contributed by atoms with Crippen LogP contribution in [0.5, 0.6) is 0 Å². The minimum absolute atomic E-state index is 0.208. The molecule has 104 valence electrons. The van der Waals surface area contributed by atoms with Gasteiger partial charge in [-0.25, -0.2) is 0 Å². The van der Waals surface area contributed by atoms with Gasteiger partial charge >= 0.3 is 5.97 Å². The molecule has 1 aromatic carbocycles. The SMILES string of the molecule is O=C(O)Cc1cc(-c2cc(Cl)cc(Cl)c2Cl)ncc1Cl. The third-order valence-electron chi connectivity index (χ3n) is 2.55. The highest BCUT2D eigenvalue weighted by molar-refractivity contribution is 6.45. The molecule has 1 N–H and O–H groups in total. The maximum absolute atomic E-state index is 10.8. The van der Waals surface area contributed by atoms with Crippen LogP contribution in [0.1, 0.15) is 5.56 Å². The van der Waals surface area contributed by atoms with Crippen LogP contribution in [0.2, 0.25) is 20.1 Å². The number of carbonyl (C=O) groups is 1. The van der Waals surface area contributed by atoms with E-state index in [0.717, 1.165) is 0 Å². The van der Waals surface area contributed by atoms with E-state index in [1.807, 2.05) is 0 Å². The third kappa shape index (κ3) is 3.36. The Morgan fingerprint density at radius 1 is 1.10 bits per heavy atom. The molecule has 0 fully saturated rings. The molecule has 0 unspecified atom stereocenters. The van der Waals surface area contributed by atoms with Crippen LogP contribution in [-0.4, -0.2) is 16.1 Å². The summed E-state index contributed by atoms with van der Waals surface area (Å²) in [5.74, 6) is -0.987. The highest BCUT2D eigenvalue weighted by atomic mass is 35.5. The third-order valence-corrected chi connectivity index (χ3v) is 3.91. The average molecular weight is 351 g/mol. The highest BCUT2D eigenvalue weighted by Gasteiger charge is 2.13. The van der Waals surface area contributed by atoms with E-state index in [9.17, 15) is 4.79 Å². The van der Waals surface area contributed by atoms with E-state index in [1.54, 1.807) is 12.1 Å². The van der Waals surface area contributed by atoms with Gasteiger partial charge in [-0.05, 0) is 23.8 Å². The second-order valence-corrected chi connectivity index (χ2v) is 5.61. The van der Waals surface area contributed by atoms with Crippen molar-refractivity contribution in [2.45, 2.75) is 6.42 Å². The first kappa shape index (κ1) is 15.4. The Bertz CT molecular complexity index is 688. The van der Waals surface area contributed by atoms with Crippen LogP contribution in [0.15, 0.2) is 24.4 Å². The van der Waals surface area contributed by atoms with E-state index >= 15 is 0 Å². The first-order valence-electron chi connectivity index (χ1n) is 5.39. The molecule has 3 nitrogen and oxygen atoms in total. The molecule has 0 amide bonds. The summed E-state index contributed by atoms with van der Waals surface area (Å²) < 4.78 is 0. The number of halogens is 4. The van der Waals surface area contributed by atoms with E-state index in [4.69, 9.17) is 51.5 Å². The van der Waals surface area contributed by atoms with Gasteiger partial charge < -0.3 is 5.11 Å². The number of carboxylic acids is 1. The van der Waals surface area contributed by atoms with Gasteiger partial charge in [0, 0.05) is 16.8 Å². The second-order valence-electron chi connectivity index (χ2n) is 3.98. The van der Waals surface area contributed by atoms with Gasteiger partial charge in [-0.1, -0.05) is 46.4 Å². The van der Waals surface area contributed by atoms with Crippen molar-refractivity contribution in [2.24, 2.45) is 0 Å². The summed E-state index contributed by atoms with van der Waals surface area (Å²) in [6.07, 6.45) is 1.17. The summed E-state index contributed by atoms with van der Waals surface area (Å²) in [7, 11) is 0. The van der Waals surface area contributed by atoms with Gasteiger partial charge in [-0.15, -0.1) is 0 Å². The molecule has 0 aliphatic carbocycles. The van der Waals surface area contributed by atoms with Gasteiger partial charge in [0.25, 0.3) is 0 Å². The minimum atomic E-state index is -0.987. The number of benzene rings is 1. The number of hydrogen-bond donors (Lipinski definition) is 1. The molecular weight excluding hydrogens is 344 g/mol. The standard InChI is InChI=1S/C13H7Cl4NO2/c14-7-3-8(13(17)9(15)4-7)11-1-6(2-12(19)20)10(16)5-18-11/h1,3-5H,2H2,(H,19,20). The monoisotopic (exact) mass is 349 g/mol. The normalized spacial score (nSPS) is 10.6. The van der Waals surface area contributed by atoms with Crippen LogP contribution in [0.4, 0.5) is 0 Å². The Kier molecular flexibility index (Phi) is 4.76. The van der Waals surface area contributed by atoms with Gasteiger partial charge in [0.15, 0.2) is 0 Å². The van der Waals surface area contributed by atoms with E-state index in [2.05, 4.69) is 4.98 Å². The van der Waals surface area contributed by atoms with Gasteiger partial charge in [0.2, 0.25) is 0 Å². The van der Waals surface area contributed by atoms with Crippen molar-refractivity contribution < 1.29 is 9.90 Å². The van der Waals surface area contributed by atoms with Crippen molar-refractivity contribution in [3.63, 3.8) is 0 Å². The molecule has 7 heteroatoms. The van der Waals surface area contributed by atoms with E-state index in [-0.39, 0.29) is 11.4 Å². The quantitative estimate of drug-likeness (QED) is 0.793. The molecule has 0 radical (unpaired) electrons. The zero-order valence-electron chi connectivity index (χ0n) is 9.83. The topological polar surface area (TPSA) is 50.2 Å². The minimum Gasteiger partial charge on any atom is -0.481 e. The maximum atomic E-state index is 10.8. The summed E-state index contributed by atoms with van der Waals surface area (Å²) in [5, 5.41) is 10.1. The Labute approximate surface area is 135 Å². The van der Waals surface area contributed by atoms with Crippen LogP contribution in [0.25, 0.3) is 11.3 Å². The van der Waals surface area contributed by atoms with Crippen molar-refractivity contribution in [1.82, 2.24) is 4.98 Å². The lowest BCUT2D eigenvalue weighted by Crippen LogP contribution is -2.01. The average Bonchev–Trinajstić information content (AvgIpc) is 2.36. The maximum Gasteiger partial charge on any atom is 0.307 e. The summed E-state index contributed by atoms with van der Waals surface area (Å²) in [5.41, 5.74) is 1.42. The van der Waals surface area contributed by atoms with Crippen molar-refractivity contribution in [3.05, 3.63) is 50.0 Å². The van der Waals surface area contributed by atoms with Gasteiger partial charge in [-0.2, -0.15) is 0 Å². The zero-order chi connectivity index (χ0) is 14.9. The predicted octanol–water partition coefficient (Wildman–Crippen LogP) is 4.99. The van der Waals surface area contributed by atoms with Gasteiger partial charge in [0.05, 0.1) is 27.2 Å². The number of aromatic nitrogens is 1. The van der Waals surface area contributed by atoms with Crippen molar-refractivity contribution >= 4 is 52.4 Å². The van der Waals surface area contributed by atoms with E-state index < -0.39 is 5.97 Å². The molecule has 1 aromatic heterocycles. The van der Waals surface area contributed by atoms with E-state index in [1.165, 1.54) is 12.3 Å². The Hall–Kier alpha value is -1.000. The number of nitrogens with zero attached hydrogens (tertiary/aromatic N) is 1. The summed E-state index contributed by atoms with van der Waals surface area (Å²) in [6, 6.07) is 4.68. The van der Waals surface area contributed by atoms with Crippen molar-refractivity contribution in [3.8, 4) is 11.3 Å². The van der Waals surface area contributed by atoms with Crippen molar-refractivity contribution in [2.75, 3.05) is 0 Å². The summed E-state index contributed by atoms with van der Waals surface area (Å²) in [4.78, 5) is 14.9. The van der Waals surface area contributed by atoms with Crippen LogP contribution < -0.4 is 0 Å². The number of rotatable bonds is 3. The van der Waals surface area contributed by atoms with Crippen LogP contribution >= 0.6 is 46.4 Å². The molecule has 0 aliphatic heterocycles. The molecule has 0 saturated heterocycles. The van der Waals surface area contributed by atoms with Gasteiger partial charge in [-0.3, -0.25) is 9.78 Å². The van der Waals surface area contributed by atoms with Crippen LogP contribution in [0.3, 0.4) is 0 Å². The zero-order valence-corrected chi connectivity index (χ0v) is 12.9. The molecule has 0 bridgehead atoms. The lowest BCUT2D eigenvalue weighted by atomic mass is 10.1. The number of carboxylic acid groups (broad SMARTS) is 1. The number of pyridine rings is 1. The predicted molar refractivity (Wildman–Crippen MR) is 81.1 cm³/mol. The summed E-state index contributed by atoms with van der Waals surface area (Å²) >= 11 is 23.9. The largest absolute Gasteiger partial charge is 0.481 e.